The number of aliphatic hydroxyl groups is 1. The van der Waals surface area contributed by atoms with Gasteiger partial charge in [0, 0.05) is 121 Å². The number of likely N-dealkylation sites (tertiary alicyclic amines) is 1. The van der Waals surface area contributed by atoms with Crippen molar-refractivity contribution in [1.82, 2.24) is 38.4 Å². The summed E-state index contributed by atoms with van der Waals surface area (Å²) in [6, 6.07) is 14.9. The topological polar surface area (TPSA) is 150 Å². The van der Waals surface area contributed by atoms with E-state index in [1.54, 1.807) is 26.8 Å². The Labute approximate surface area is 473 Å². The van der Waals surface area contributed by atoms with Gasteiger partial charge in [0.15, 0.2) is 0 Å². The molecule has 2 unspecified atom stereocenters. The zero-order valence-corrected chi connectivity index (χ0v) is 50.6. The number of hydrogen-bond donors (Lipinski definition) is 2. The Morgan fingerprint density at radius 2 is 1.00 bits per heavy atom. The van der Waals surface area contributed by atoms with E-state index >= 15 is 0 Å². The van der Waals surface area contributed by atoms with Crippen LogP contribution in [-0.2, 0) is 24.8 Å². The van der Waals surface area contributed by atoms with Gasteiger partial charge < -0.3 is 20.1 Å². The maximum absolute atomic E-state index is 14.5. The van der Waals surface area contributed by atoms with Gasteiger partial charge in [-0.2, -0.15) is 0 Å². The minimum atomic E-state index is -3.17. The summed E-state index contributed by atoms with van der Waals surface area (Å²) in [6.07, 6.45) is 10.4. The lowest BCUT2D eigenvalue weighted by Gasteiger charge is -2.54. The summed E-state index contributed by atoms with van der Waals surface area (Å²) in [4.78, 5) is 24.9. The molecule has 2 saturated carbocycles. The third kappa shape index (κ3) is 15.0. The molecule has 2 N–H and O–H groups in total. The number of nitrogens with one attached hydrogen (secondary N) is 1. The lowest BCUT2D eigenvalue weighted by molar-refractivity contribution is -0.0472. The lowest BCUT2D eigenvalue weighted by Crippen LogP contribution is -2.63. The van der Waals surface area contributed by atoms with Gasteiger partial charge in [-0.05, 0) is 186 Å². The fourth-order valence-electron chi connectivity index (χ4n) is 13.7. The van der Waals surface area contributed by atoms with Crippen LogP contribution in [0.3, 0.4) is 0 Å². The molecule has 2 aromatic rings. The Bertz CT molecular complexity index is 2490. The monoisotopic (exact) mass is 1150 g/mol. The zero-order chi connectivity index (χ0) is 55.5. The number of ether oxygens (including phenoxy) is 1. The number of carbonyl (C=O) groups excluding carboxylic acids is 1. The second-order valence-electron chi connectivity index (χ2n) is 25.2. The molecule has 8 fully saturated rings. The van der Waals surface area contributed by atoms with Crippen molar-refractivity contribution >= 4 is 38.5 Å². The van der Waals surface area contributed by atoms with E-state index in [1.165, 1.54) is 25.0 Å². The summed E-state index contributed by atoms with van der Waals surface area (Å²) in [5.41, 5.74) is 1.80. The summed E-state index contributed by atoms with van der Waals surface area (Å²) in [7, 11) is -5.29. The first-order valence-electron chi connectivity index (χ1n) is 29.2. The third-order valence-electron chi connectivity index (χ3n) is 18.7. The number of piperidine rings is 4. The molecule has 20 heteroatoms. The molecular weight excluding hydrogens is 1060 g/mol. The van der Waals surface area contributed by atoms with Crippen molar-refractivity contribution in [1.29, 1.82) is 0 Å². The van der Waals surface area contributed by atoms with Crippen LogP contribution in [0.2, 0.25) is 0 Å². The molecule has 8 aliphatic rings. The van der Waals surface area contributed by atoms with Crippen LogP contribution < -0.4 is 5.32 Å². The summed E-state index contributed by atoms with van der Waals surface area (Å²) in [6.45, 7) is 26.5. The number of hydrogen-bond acceptors (Lipinski definition) is 12. The summed E-state index contributed by atoms with van der Waals surface area (Å²) in [5, 5.41) is 10.2. The second kappa shape index (κ2) is 26.3. The van der Waals surface area contributed by atoms with E-state index in [9.17, 15) is 30.4 Å². The van der Waals surface area contributed by atoms with Crippen molar-refractivity contribution in [2.24, 2.45) is 11.8 Å². The zero-order valence-electron chi connectivity index (χ0n) is 48.1. The van der Waals surface area contributed by atoms with E-state index in [0.29, 0.717) is 51.2 Å². The standard InChI is InChI=1S/C31H49FN4O4S.C26H41FN4O2S.CH4O.ClH/c1-23-22-34(31(5)13-17-33(18-14-31)29(37)40-30(2,3)4)19-20-36(23)28(25-7-6-8-26(32)21-25)24-11-15-35(16-12-24)41(38,39)27-9-10-27;1-20-19-29(26(2)10-12-28-13-11-26)16-17-31(20)25(22-4-3-5-23(27)18-22)21-8-14-30(15-9-21)34(32,33)24-6-7-24;1-2;/h6-8,21,23-24,27-28H,9-20,22H2,1-5H3;3-5,18,20-21,24-25,28H,6-17,19H2,1-2H3;2H,1H3;1H/t23-,28?;20-,25?;;/m00../s1. The molecular formula is C58H95ClF2N8O7S2. The number of rotatable bonds is 12. The maximum atomic E-state index is 14.5. The van der Waals surface area contributed by atoms with Crippen LogP contribution in [0.25, 0.3) is 0 Å². The highest BCUT2D eigenvalue weighted by Gasteiger charge is 2.48. The molecule has 6 aliphatic heterocycles. The third-order valence-corrected chi connectivity index (χ3v) is 23.5. The van der Waals surface area contributed by atoms with Gasteiger partial charge >= 0.3 is 6.09 Å². The first kappa shape index (κ1) is 63.0. The highest BCUT2D eigenvalue weighted by molar-refractivity contribution is 7.90. The SMILES string of the molecule is CO.C[C@H]1CN(C2(C)CCN(C(=O)OC(C)(C)C)CC2)CCN1C(c1cccc(F)c1)C1CCN(S(=O)(=O)C2CC2)CC1.C[C@H]1CN(C2(C)CCNCC2)CCN1C(c1cccc(F)c1)C1CCN(S(=O)(=O)C2CC2)CC1.Cl. The highest BCUT2D eigenvalue weighted by Crippen LogP contribution is 2.44. The number of carbonyl (C=O) groups is 1. The summed E-state index contributed by atoms with van der Waals surface area (Å²) in [5.74, 6) is 0.182. The number of amides is 1. The predicted molar refractivity (Wildman–Crippen MR) is 308 cm³/mol. The van der Waals surface area contributed by atoms with Crippen LogP contribution in [0.5, 0.6) is 0 Å². The molecule has 6 saturated heterocycles. The molecule has 15 nitrogen and oxygen atoms in total. The first-order valence-corrected chi connectivity index (χ1v) is 32.2. The number of halogens is 3. The van der Waals surface area contributed by atoms with E-state index in [2.05, 4.69) is 58.7 Å². The lowest BCUT2D eigenvalue weighted by atomic mass is 9.82. The Balaban J connectivity index is 0.000000220. The van der Waals surface area contributed by atoms with Gasteiger partial charge in [-0.25, -0.2) is 39.0 Å². The molecule has 10 rings (SSSR count). The van der Waals surface area contributed by atoms with Crippen LogP contribution >= 0.6 is 12.4 Å². The largest absolute Gasteiger partial charge is 0.444 e. The number of nitrogens with zero attached hydrogens (tertiary/aromatic N) is 7. The molecule has 0 spiro atoms. The Morgan fingerprint density at radius 1 is 0.615 bits per heavy atom. The van der Waals surface area contributed by atoms with E-state index in [4.69, 9.17) is 9.84 Å². The van der Waals surface area contributed by atoms with Crippen molar-refractivity contribution in [2.45, 2.75) is 177 Å². The molecule has 0 radical (unpaired) electrons. The van der Waals surface area contributed by atoms with E-state index in [0.717, 1.165) is 135 Å². The maximum Gasteiger partial charge on any atom is 0.410 e. The van der Waals surface area contributed by atoms with Gasteiger partial charge in [0.1, 0.15) is 17.2 Å². The number of sulfonamides is 2. The molecule has 6 heterocycles. The normalized spacial score (nSPS) is 26.8. The number of piperazine rings is 2. The molecule has 1 amide bonds. The van der Waals surface area contributed by atoms with Crippen LogP contribution in [0.4, 0.5) is 13.6 Å². The van der Waals surface area contributed by atoms with Crippen LogP contribution in [-0.4, -0.2) is 199 Å². The average molecular weight is 1150 g/mol. The second-order valence-corrected chi connectivity index (χ2v) is 29.7. The van der Waals surface area contributed by atoms with Crippen molar-refractivity contribution in [3.63, 3.8) is 0 Å². The fraction of sp³-hybridized carbons (Fsp3) is 0.776. The van der Waals surface area contributed by atoms with E-state index in [-0.39, 0.29) is 75.8 Å². The first-order chi connectivity index (χ1) is 36.5. The Kier molecular flexibility index (Phi) is 21.3. The number of aliphatic hydroxyl groups excluding tert-OH is 1. The molecule has 0 bridgehead atoms. The van der Waals surface area contributed by atoms with Crippen molar-refractivity contribution in [3.8, 4) is 0 Å². The van der Waals surface area contributed by atoms with Crippen LogP contribution in [0.1, 0.15) is 149 Å². The Morgan fingerprint density at radius 3 is 1.35 bits per heavy atom. The van der Waals surface area contributed by atoms with Gasteiger partial charge in [0.05, 0.1) is 10.5 Å². The van der Waals surface area contributed by atoms with Crippen molar-refractivity contribution in [3.05, 3.63) is 71.3 Å². The molecule has 78 heavy (non-hydrogen) atoms. The van der Waals surface area contributed by atoms with E-state index in [1.807, 2.05) is 37.8 Å². The molecule has 0 aromatic heterocycles. The van der Waals surface area contributed by atoms with Gasteiger partial charge in [0.25, 0.3) is 0 Å². The average Bonchev–Trinajstić information content (AvgIpc) is 4.38. The van der Waals surface area contributed by atoms with Crippen molar-refractivity contribution in [2.75, 3.05) is 98.7 Å². The predicted octanol–water partition coefficient (Wildman–Crippen LogP) is 8.12. The van der Waals surface area contributed by atoms with Gasteiger partial charge in [0.2, 0.25) is 20.0 Å². The smallest absolute Gasteiger partial charge is 0.410 e. The van der Waals surface area contributed by atoms with Gasteiger partial charge in [-0.15, -0.1) is 12.4 Å². The van der Waals surface area contributed by atoms with Crippen LogP contribution in [0, 0.1) is 23.5 Å². The molecule has 2 aliphatic carbocycles. The minimum Gasteiger partial charge on any atom is -0.444 e. The molecule has 2 aromatic carbocycles. The Hall–Kier alpha value is -2.56. The number of benzene rings is 2. The van der Waals surface area contributed by atoms with Crippen molar-refractivity contribution < 1.29 is 40.3 Å². The van der Waals surface area contributed by atoms with E-state index < -0.39 is 25.6 Å². The van der Waals surface area contributed by atoms with Crippen LogP contribution in [0.15, 0.2) is 48.5 Å². The minimum absolute atomic E-state index is 0. The van der Waals surface area contributed by atoms with Gasteiger partial charge in [-0.1, -0.05) is 24.3 Å². The quantitative estimate of drug-likeness (QED) is 0.212. The summed E-state index contributed by atoms with van der Waals surface area (Å²) >= 11 is 0. The molecule has 442 valence electrons. The summed E-state index contributed by atoms with van der Waals surface area (Å²) < 4.78 is 89.0. The fourth-order valence-corrected chi connectivity index (χ4v) is 17.5. The van der Waals surface area contributed by atoms with Gasteiger partial charge in [-0.3, -0.25) is 19.6 Å². The molecule has 4 atom stereocenters. The highest BCUT2D eigenvalue weighted by atomic mass is 35.5.